The van der Waals surface area contributed by atoms with E-state index in [0.29, 0.717) is 19.8 Å². The molecule has 0 aliphatic rings. The molecule has 0 unspecified atom stereocenters. The van der Waals surface area contributed by atoms with Crippen LogP contribution in [-0.4, -0.2) is 11.0 Å². The number of nitrogens with two attached hydrogens (primary N) is 1. The summed E-state index contributed by atoms with van der Waals surface area (Å²) in [6, 6.07) is 9.03. The van der Waals surface area contributed by atoms with E-state index in [1.54, 1.807) is 18.2 Å². The highest BCUT2D eigenvalue weighted by atomic mass is 35.5. The zero-order valence-corrected chi connectivity index (χ0v) is 12.3. The zero-order valence-electron chi connectivity index (χ0n) is 9.98. The topological polar surface area (TPSA) is 58.6 Å². The summed E-state index contributed by atoms with van der Waals surface area (Å²) in [5.41, 5.74) is 5.83. The van der Waals surface area contributed by atoms with Crippen LogP contribution in [0.3, 0.4) is 0 Å². The van der Waals surface area contributed by atoms with Gasteiger partial charge in [0.2, 0.25) is 0 Å². The lowest BCUT2D eigenvalue weighted by atomic mass is 10.2. The highest BCUT2D eigenvalue weighted by Gasteiger charge is 2.12. The Balaban J connectivity index is 2.46. The molecule has 0 atom stereocenters. The van der Waals surface area contributed by atoms with Crippen LogP contribution >= 0.6 is 35.0 Å². The van der Waals surface area contributed by atoms with Gasteiger partial charge in [0.05, 0.1) is 5.02 Å². The Morgan fingerprint density at radius 2 is 1.90 bits per heavy atom. The van der Waals surface area contributed by atoms with Crippen LogP contribution in [0.1, 0.15) is 5.56 Å². The van der Waals surface area contributed by atoms with Gasteiger partial charge in [-0.2, -0.15) is 0 Å². The number of nitrogens with zero attached hydrogens (tertiary/aromatic N) is 1. The standard InChI is InChI=1S/C13H9Cl2FN2OS/c14-7-1-3-10(15)12(5-7)20-11-4-2-8(16)6-9(11)13(17)18-19/h1-6,19H,(H2,17,18). The predicted molar refractivity (Wildman–Crippen MR) is 79.5 cm³/mol. The van der Waals surface area contributed by atoms with Crippen LogP contribution < -0.4 is 5.73 Å². The Morgan fingerprint density at radius 1 is 1.15 bits per heavy atom. The summed E-state index contributed by atoms with van der Waals surface area (Å²) >= 11 is 13.2. The van der Waals surface area contributed by atoms with Crippen molar-refractivity contribution in [2.75, 3.05) is 0 Å². The predicted octanol–water partition coefficient (Wildman–Crippen LogP) is 4.38. The summed E-state index contributed by atoms with van der Waals surface area (Å²) in [7, 11) is 0. The second-order valence-electron chi connectivity index (χ2n) is 3.80. The lowest BCUT2D eigenvalue weighted by Crippen LogP contribution is -2.14. The van der Waals surface area contributed by atoms with Crippen LogP contribution in [0.15, 0.2) is 51.3 Å². The van der Waals surface area contributed by atoms with Gasteiger partial charge in [0.15, 0.2) is 5.84 Å². The molecule has 0 spiro atoms. The van der Waals surface area contributed by atoms with Crippen molar-refractivity contribution in [3.63, 3.8) is 0 Å². The number of rotatable bonds is 3. The lowest BCUT2D eigenvalue weighted by Gasteiger charge is -2.09. The molecule has 0 saturated heterocycles. The minimum Gasteiger partial charge on any atom is -0.409 e. The summed E-state index contributed by atoms with van der Waals surface area (Å²) in [5.74, 6) is -0.654. The monoisotopic (exact) mass is 330 g/mol. The van der Waals surface area contributed by atoms with Crippen LogP contribution in [0.5, 0.6) is 0 Å². The van der Waals surface area contributed by atoms with E-state index in [-0.39, 0.29) is 11.4 Å². The molecule has 3 N–H and O–H groups in total. The molecule has 104 valence electrons. The van der Waals surface area contributed by atoms with E-state index in [0.717, 1.165) is 0 Å². The molecule has 2 aromatic rings. The molecule has 0 aliphatic heterocycles. The molecule has 0 heterocycles. The van der Waals surface area contributed by atoms with E-state index >= 15 is 0 Å². The third kappa shape index (κ3) is 3.36. The average Bonchev–Trinajstić information content (AvgIpc) is 2.43. The highest BCUT2D eigenvalue weighted by Crippen LogP contribution is 2.36. The molecule has 7 heteroatoms. The van der Waals surface area contributed by atoms with Gasteiger partial charge in [0.25, 0.3) is 0 Å². The third-order valence-electron chi connectivity index (χ3n) is 2.44. The largest absolute Gasteiger partial charge is 0.409 e. The first-order chi connectivity index (χ1) is 9.51. The molecular formula is C13H9Cl2FN2OS. The fourth-order valence-corrected chi connectivity index (χ4v) is 2.99. The summed E-state index contributed by atoms with van der Waals surface area (Å²) in [6.45, 7) is 0. The first kappa shape index (κ1) is 15.0. The Kier molecular flexibility index (Phi) is 4.75. The quantitative estimate of drug-likeness (QED) is 0.380. The number of benzene rings is 2. The molecule has 2 aromatic carbocycles. The van der Waals surface area contributed by atoms with Gasteiger partial charge < -0.3 is 10.9 Å². The van der Waals surface area contributed by atoms with E-state index in [4.69, 9.17) is 34.1 Å². The van der Waals surface area contributed by atoms with E-state index in [9.17, 15) is 4.39 Å². The molecule has 0 aromatic heterocycles. The fraction of sp³-hybridized carbons (Fsp3) is 0. The zero-order chi connectivity index (χ0) is 14.7. The van der Waals surface area contributed by atoms with Gasteiger partial charge in [-0.15, -0.1) is 0 Å². The molecule has 0 radical (unpaired) electrons. The number of hydrogen-bond acceptors (Lipinski definition) is 3. The van der Waals surface area contributed by atoms with Crippen molar-refractivity contribution >= 4 is 40.8 Å². The Bertz CT molecular complexity index is 679. The Hall–Kier alpha value is -1.43. The van der Waals surface area contributed by atoms with Crippen LogP contribution in [-0.2, 0) is 0 Å². The molecule has 0 aliphatic carbocycles. The van der Waals surface area contributed by atoms with Crippen molar-refractivity contribution in [2.24, 2.45) is 10.9 Å². The minimum atomic E-state index is -0.479. The molecule has 0 bridgehead atoms. The minimum absolute atomic E-state index is 0.176. The van der Waals surface area contributed by atoms with E-state index < -0.39 is 5.82 Å². The highest BCUT2D eigenvalue weighted by molar-refractivity contribution is 7.99. The average molecular weight is 331 g/mol. The summed E-state index contributed by atoms with van der Waals surface area (Å²) in [6.07, 6.45) is 0. The van der Waals surface area contributed by atoms with Crippen molar-refractivity contribution in [3.05, 3.63) is 57.8 Å². The molecule has 0 saturated carbocycles. The number of oxime groups is 1. The number of hydrogen-bond donors (Lipinski definition) is 2. The van der Waals surface area contributed by atoms with E-state index in [1.165, 1.54) is 30.0 Å². The lowest BCUT2D eigenvalue weighted by molar-refractivity contribution is 0.318. The first-order valence-corrected chi connectivity index (χ1v) is 6.99. The molecule has 0 amide bonds. The van der Waals surface area contributed by atoms with Gasteiger partial charge in [-0.05, 0) is 36.4 Å². The maximum atomic E-state index is 13.3. The van der Waals surface area contributed by atoms with Crippen molar-refractivity contribution < 1.29 is 9.60 Å². The maximum Gasteiger partial charge on any atom is 0.171 e. The second-order valence-corrected chi connectivity index (χ2v) is 5.73. The Labute approximate surface area is 129 Å². The second kappa shape index (κ2) is 6.35. The smallest absolute Gasteiger partial charge is 0.171 e. The van der Waals surface area contributed by atoms with Crippen LogP contribution in [0, 0.1) is 5.82 Å². The van der Waals surface area contributed by atoms with Gasteiger partial charge in [-0.25, -0.2) is 4.39 Å². The molecule has 3 nitrogen and oxygen atoms in total. The van der Waals surface area contributed by atoms with Gasteiger partial charge in [0, 0.05) is 20.4 Å². The normalized spacial score (nSPS) is 11.7. The molecule has 0 fully saturated rings. The van der Waals surface area contributed by atoms with Gasteiger partial charge >= 0.3 is 0 Å². The van der Waals surface area contributed by atoms with Gasteiger partial charge in [-0.3, -0.25) is 0 Å². The first-order valence-electron chi connectivity index (χ1n) is 5.41. The third-order valence-corrected chi connectivity index (χ3v) is 4.25. The fourth-order valence-electron chi connectivity index (χ4n) is 1.52. The van der Waals surface area contributed by atoms with Gasteiger partial charge in [0.1, 0.15) is 5.82 Å². The summed E-state index contributed by atoms with van der Waals surface area (Å²) < 4.78 is 13.3. The molecule has 2 rings (SSSR count). The molecule has 20 heavy (non-hydrogen) atoms. The maximum absolute atomic E-state index is 13.3. The van der Waals surface area contributed by atoms with E-state index in [1.807, 2.05) is 0 Å². The van der Waals surface area contributed by atoms with Gasteiger partial charge in [-0.1, -0.05) is 40.1 Å². The van der Waals surface area contributed by atoms with Crippen molar-refractivity contribution in [1.29, 1.82) is 0 Å². The summed E-state index contributed by atoms with van der Waals surface area (Å²) in [5, 5.41) is 12.7. The van der Waals surface area contributed by atoms with E-state index in [2.05, 4.69) is 5.16 Å². The number of halogens is 3. The van der Waals surface area contributed by atoms with Crippen LogP contribution in [0.2, 0.25) is 10.0 Å². The Morgan fingerprint density at radius 3 is 2.60 bits per heavy atom. The SMILES string of the molecule is NC(=NO)c1cc(F)ccc1Sc1cc(Cl)ccc1Cl. The van der Waals surface area contributed by atoms with Crippen molar-refractivity contribution in [1.82, 2.24) is 0 Å². The van der Waals surface area contributed by atoms with Crippen LogP contribution in [0.4, 0.5) is 4.39 Å². The summed E-state index contributed by atoms with van der Waals surface area (Å²) in [4.78, 5) is 1.30. The van der Waals surface area contributed by atoms with Crippen molar-refractivity contribution in [2.45, 2.75) is 9.79 Å². The van der Waals surface area contributed by atoms with Crippen LogP contribution in [0.25, 0.3) is 0 Å². The van der Waals surface area contributed by atoms with Crippen molar-refractivity contribution in [3.8, 4) is 0 Å². The number of amidine groups is 1. The molecular weight excluding hydrogens is 322 g/mol.